The summed E-state index contributed by atoms with van der Waals surface area (Å²) in [5, 5.41) is 18.1. The molecule has 0 unspecified atom stereocenters. The number of carbonyl (C=O) groups is 1. The number of H-pyrrole nitrogens is 1. The Hall–Kier alpha value is -1.92. The molecule has 2 N–H and O–H groups in total. The molecule has 0 aromatic carbocycles. The zero-order valence-corrected chi connectivity index (χ0v) is 6.14. The zero-order chi connectivity index (χ0) is 8.72. The summed E-state index contributed by atoms with van der Waals surface area (Å²) in [4.78, 5) is 14.5. The first kappa shape index (κ1) is 6.77. The van der Waals surface area contributed by atoms with Crippen molar-refractivity contribution in [1.29, 1.82) is 0 Å². The number of carboxylic acid groups (broad SMARTS) is 1. The lowest BCUT2D eigenvalue weighted by molar-refractivity contribution is 0.0687. The highest BCUT2D eigenvalue weighted by molar-refractivity contribution is 5.87. The standard InChI is InChI=1S/C5H5N5O2/c1-2-3(4(11)12)10-5(6-2)7-8-9-10/h1H3,(H,11,12)(H,6,7,9). The van der Waals surface area contributed by atoms with Crippen LogP contribution < -0.4 is 0 Å². The molecular formula is C5H5N5O2. The van der Waals surface area contributed by atoms with Crippen LogP contribution in [-0.4, -0.2) is 36.1 Å². The minimum Gasteiger partial charge on any atom is -0.476 e. The summed E-state index contributed by atoms with van der Waals surface area (Å²) >= 11 is 0. The molecule has 0 saturated carbocycles. The van der Waals surface area contributed by atoms with Crippen molar-refractivity contribution in [3.05, 3.63) is 11.4 Å². The van der Waals surface area contributed by atoms with Crippen molar-refractivity contribution < 1.29 is 9.90 Å². The van der Waals surface area contributed by atoms with Gasteiger partial charge in [0.2, 0.25) is 0 Å². The van der Waals surface area contributed by atoms with Gasteiger partial charge in [-0.25, -0.2) is 9.78 Å². The lowest BCUT2D eigenvalue weighted by Gasteiger charge is -1.89. The van der Waals surface area contributed by atoms with Crippen molar-refractivity contribution in [3.8, 4) is 0 Å². The molecule has 62 valence electrons. The van der Waals surface area contributed by atoms with Gasteiger partial charge in [-0.3, -0.25) is 0 Å². The number of imidazole rings is 1. The number of rotatable bonds is 1. The number of hydrogen-bond donors (Lipinski definition) is 2. The third kappa shape index (κ3) is 0.698. The van der Waals surface area contributed by atoms with E-state index in [-0.39, 0.29) is 11.5 Å². The van der Waals surface area contributed by atoms with Gasteiger partial charge in [0.15, 0.2) is 5.69 Å². The predicted octanol–water partition coefficient (Wildman–Crippen LogP) is -0.541. The Morgan fingerprint density at radius 3 is 3.08 bits per heavy atom. The van der Waals surface area contributed by atoms with Gasteiger partial charge in [-0.1, -0.05) is 5.10 Å². The molecule has 0 amide bonds. The van der Waals surface area contributed by atoms with E-state index in [2.05, 4.69) is 20.5 Å². The summed E-state index contributed by atoms with van der Waals surface area (Å²) in [7, 11) is 0. The average Bonchev–Trinajstić information content (AvgIpc) is 2.44. The highest BCUT2D eigenvalue weighted by Crippen LogP contribution is 2.06. The van der Waals surface area contributed by atoms with Crippen molar-refractivity contribution in [2.75, 3.05) is 0 Å². The van der Waals surface area contributed by atoms with E-state index in [0.717, 1.165) is 0 Å². The quantitative estimate of drug-likeness (QED) is 0.594. The van der Waals surface area contributed by atoms with E-state index in [4.69, 9.17) is 5.11 Å². The van der Waals surface area contributed by atoms with Crippen molar-refractivity contribution in [3.63, 3.8) is 0 Å². The molecule has 0 aliphatic carbocycles. The van der Waals surface area contributed by atoms with Crippen LogP contribution in [0.25, 0.3) is 5.78 Å². The zero-order valence-electron chi connectivity index (χ0n) is 6.14. The number of aromatic amines is 1. The van der Waals surface area contributed by atoms with Crippen molar-refractivity contribution >= 4 is 11.7 Å². The van der Waals surface area contributed by atoms with Crippen LogP contribution >= 0.6 is 0 Å². The van der Waals surface area contributed by atoms with Crippen LogP contribution in [-0.2, 0) is 0 Å². The predicted molar refractivity (Wildman–Crippen MR) is 36.8 cm³/mol. The maximum absolute atomic E-state index is 10.7. The van der Waals surface area contributed by atoms with Gasteiger partial charge >= 0.3 is 5.97 Å². The first-order valence-corrected chi connectivity index (χ1v) is 3.19. The Balaban J connectivity index is 2.84. The number of tetrazole rings is 1. The van der Waals surface area contributed by atoms with Gasteiger partial charge in [0, 0.05) is 0 Å². The molecule has 0 bridgehead atoms. The second-order valence-corrected chi connectivity index (χ2v) is 2.29. The maximum Gasteiger partial charge on any atom is 0.356 e. The van der Waals surface area contributed by atoms with Crippen LogP contribution in [0.4, 0.5) is 0 Å². The molecule has 0 atom stereocenters. The van der Waals surface area contributed by atoms with Crippen molar-refractivity contribution in [2.45, 2.75) is 6.92 Å². The fraction of sp³-hybridized carbons (Fsp3) is 0.200. The molecule has 0 radical (unpaired) electrons. The summed E-state index contributed by atoms with van der Waals surface area (Å²) < 4.78 is 1.22. The molecule has 12 heavy (non-hydrogen) atoms. The lowest BCUT2D eigenvalue weighted by atomic mass is 10.3. The monoisotopic (exact) mass is 167 g/mol. The van der Waals surface area contributed by atoms with Crippen molar-refractivity contribution in [1.82, 2.24) is 25.0 Å². The topological polar surface area (TPSA) is 96.2 Å². The number of fused-ring (bicyclic) bond motifs is 1. The smallest absolute Gasteiger partial charge is 0.356 e. The molecule has 2 aromatic heterocycles. The number of aromatic carboxylic acids is 1. The van der Waals surface area contributed by atoms with E-state index in [1.807, 2.05) is 0 Å². The van der Waals surface area contributed by atoms with Gasteiger partial charge in [-0.2, -0.15) is 9.73 Å². The van der Waals surface area contributed by atoms with E-state index in [9.17, 15) is 4.79 Å². The molecule has 0 aliphatic heterocycles. The Labute approximate surface area is 66.0 Å². The number of carboxylic acids is 1. The second kappa shape index (κ2) is 2.03. The van der Waals surface area contributed by atoms with Gasteiger partial charge in [0.1, 0.15) is 0 Å². The fourth-order valence-electron chi connectivity index (χ4n) is 1.04. The number of nitrogens with one attached hydrogen (secondary N) is 1. The number of aryl methyl sites for hydroxylation is 1. The molecule has 0 fully saturated rings. The molecule has 0 spiro atoms. The minimum atomic E-state index is -1.05. The van der Waals surface area contributed by atoms with E-state index in [1.54, 1.807) is 6.92 Å². The molecule has 2 rings (SSSR count). The SMILES string of the molecule is Cc1nc2nn[nH]n2c1C(=O)O. The first-order valence-electron chi connectivity index (χ1n) is 3.19. The number of hydrogen-bond acceptors (Lipinski definition) is 4. The molecule has 0 aliphatic rings. The van der Waals surface area contributed by atoms with E-state index in [0.29, 0.717) is 5.69 Å². The molecule has 7 nitrogen and oxygen atoms in total. The molecule has 7 heteroatoms. The molecule has 0 saturated heterocycles. The van der Waals surface area contributed by atoms with E-state index in [1.165, 1.54) is 4.52 Å². The van der Waals surface area contributed by atoms with Crippen LogP contribution in [0.3, 0.4) is 0 Å². The lowest BCUT2D eigenvalue weighted by Crippen LogP contribution is -2.04. The van der Waals surface area contributed by atoms with Crippen LogP contribution in [0.15, 0.2) is 0 Å². The van der Waals surface area contributed by atoms with E-state index < -0.39 is 5.97 Å². The van der Waals surface area contributed by atoms with Crippen LogP contribution in [0, 0.1) is 6.92 Å². The summed E-state index contributed by atoms with van der Waals surface area (Å²) in [6.45, 7) is 1.60. The number of aromatic nitrogens is 5. The largest absolute Gasteiger partial charge is 0.476 e. The molecule has 2 aromatic rings. The molecule has 2 heterocycles. The maximum atomic E-state index is 10.7. The normalized spacial score (nSPS) is 10.8. The third-order valence-corrected chi connectivity index (χ3v) is 1.52. The second-order valence-electron chi connectivity index (χ2n) is 2.29. The van der Waals surface area contributed by atoms with Gasteiger partial charge in [0.25, 0.3) is 5.78 Å². The van der Waals surface area contributed by atoms with Gasteiger partial charge in [-0.15, -0.1) is 0 Å². The van der Waals surface area contributed by atoms with Gasteiger partial charge in [-0.05, 0) is 12.1 Å². The summed E-state index contributed by atoms with van der Waals surface area (Å²) in [6, 6.07) is 0. The minimum absolute atomic E-state index is 0.0648. The Morgan fingerprint density at radius 1 is 1.67 bits per heavy atom. The van der Waals surface area contributed by atoms with Gasteiger partial charge < -0.3 is 5.11 Å². The number of nitrogens with zero attached hydrogens (tertiary/aromatic N) is 4. The van der Waals surface area contributed by atoms with E-state index >= 15 is 0 Å². The highest BCUT2D eigenvalue weighted by Gasteiger charge is 2.16. The third-order valence-electron chi connectivity index (χ3n) is 1.52. The van der Waals surface area contributed by atoms with Crippen LogP contribution in [0.2, 0.25) is 0 Å². The Bertz CT molecular complexity index is 442. The van der Waals surface area contributed by atoms with Crippen LogP contribution in [0.1, 0.15) is 16.2 Å². The Morgan fingerprint density at radius 2 is 2.42 bits per heavy atom. The van der Waals surface area contributed by atoms with Crippen molar-refractivity contribution in [2.24, 2.45) is 0 Å². The van der Waals surface area contributed by atoms with Gasteiger partial charge in [0.05, 0.1) is 5.69 Å². The fourth-order valence-corrected chi connectivity index (χ4v) is 1.04. The average molecular weight is 167 g/mol. The first-order chi connectivity index (χ1) is 5.70. The highest BCUT2D eigenvalue weighted by atomic mass is 16.4. The summed E-state index contributed by atoms with van der Waals surface area (Å²) in [5.74, 6) is -0.782. The van der Waals surface area contributed by atoms with Crippen LogP contribution in [0.5, 0.6) is 0 Å². The summed E-state index contributed by atoms with van der Waals surface area (Å²) in [5.41, 5.74) is 0.485. The molecular weight excluding hydrogens is 162 g/mol. The summed E-state index contributed by atoms with van der Waals surface area (Å²) in [6.07, 6.45) is 0. The Kier molecular flexibility index (Phi) is 1.15.